The van der Waals surface area contributed by atoms with Gasteiger partial charge in [0.05, 0.1) is 12.7 Å². The molecular formula is C13H14O3. The van der Waals surface area contributed by atoms with Gasteiger partial charge in [-0.1, -0.05) is 32.0 Å². The molecular weight excluding hydrogens is 204 g/mol. The first-order valence-electron chi connectivity index (χ1n) is 5.30. The number of carboxylic acid groups (broad SMARTS) is 1. The van der Waals surface area contributed by atoms with Crippen LogP contribution in [-0.2, 0) is 11.2 Å². The van der Waals surface area contributed by atoms with Crippen LogP contribution in [0.2, 0.25) is 0 Å². The number of furan rings is 1. The molecule has 0 aliphatic heterocycles. The van der Waals surface area contributed by atoms with Crippen LogP contribution < -0.4 is 0 Å². The van der Waals surface area contributed by atoms with Gasteiger partial charge < -0.3 is 9.52 Å². The summed E-state index contributed by atoms with van der Waals surface area (Å²) in [6, 6.07) is 5.86. The monoisotopic (exact) mass is 218 g/mol. The molecule has 0 saturated carbocycles. The van der Waals surface area contributed by atoms with Gasteiger partial charge in [0, 0.05) is 10.9 Å². The summed E-state index contributed by atoms with van der Waals surface area (Å²) in [7, 11) is 0. The van der Waals surface area contributed by atoms with Crippen LogP contribution in [0.4, 0.5) is 0 Å². The number of hydrogen-bond donors (Lipinski definition) is 1. The second-order valence-electron chi connectivity index (χ2n) is 4.21. The number of para-hydroxylation sites is 1. The lowest BCUT2D eigenvalue weighted by Gasteiger charge is -2.05. The van der Waals surface area contributed by atoms with Crippen molar-refractivity contribution in [3.05, 3.63) is 35.6 Å². The number of carbonyl (C=O) groups is 1. The van der Waals surface area contributed by atoms with Crippen molar-refractivity contribution in [3.63, 3.8) is 0 Å². The predicted molar refractivity (Wildman–Crippen MR) is 61.6 cm³/mol. The SMILES string of the molecule is CC(C)c1cccc2c(CC(=O)O)coc12. The van der Waals surface area contributed by atoms with Gasteiger partial charge in [0.15, 0.2) is 0 Å². The summed E-state index contributed by atoms with van der Waals surface area (Å²) in [6.07, 6.45) is 1.55. The van der Waals surface area contributed by atoms with Crippen molar-refractivity contribution in [3.8, 4) is 0 Å². The predicted octanol–water partition coefficient (Wildman–Crippen LogP) is 3.18. The summed E-state index contributed by atoms with van der Waals surface area (Å²) in [5.74, 6) is -0.467. The first kappa shape index (κ1) is 10.7. The van der Waals surface area contributed by atoms with Crippen LogP contribution in [0, 0.1) is 0 Å². The molecule has 1 aromatic heterocycles. The Morgan fingerprint density at radius 1 is 1.44 bits per heavy atom. The maximum atomic E-state index is 10.7. The van der Waals surface area contributed by atoms with Gasteiger partial charge in [-0.3, -0.25) is 4.79 Å². The maximum absolute atomic E-state index is 10.7. The van der Waals surface area contributed by atoms with E-state index in [0.29, 0.717) is 5.92 Å². The Labute approximate surface area is 93.7 Å². The Morgan fingerprint density at radius 3 is 2.81 bits per heavy atom. The molecule has 16 heavy (non-hydrogen) atoms. The normalized spacial score (nSPS) is 11.2. The second-order valence-corrected chi connectivity index (χ2v) is 4.21. The minimum Gasteiger partial charge on any atom is -0.481 e. The van der Waals surface area contributed by atoms with Gasteiger partial charge in [-0.15, -0.1) is 0 Å². The average Bonchev–Trinajstić information content (AvgIpc) is 2.60. The largest absolute Gasteiger partial charge is 0.481 e. The van der Waals surface area contributed by atoms with Gasteiger partial charge in [0.1, 0.15) is 5.58 Å². The van der Waals surface area contributed by atoms with Crippen LogP contribution in [0.3, 0.4) is 0 Å². The molecule has 0 unspecified atom stereocenters. The van der Waals surface area contributed by atoms with Crippen LogP contribution in [0.25, 0.3) is 11.0 Å². The van der Waals surface area contributed by atoms with Crippen molar-refractivity contribution < 1.29 is 14.3 Å². The molecule has 0 bridgehead atoms. The Hall–Kier alpha value is -1.77. The molecule has 0 radical (unpaired) electrons. The highest BCUT2D eigenvalue weighted by molar-refractivity contribution is 5.87. The molecule has 3 heteroatoms. The average molecular weight is 218 g/mol. The highest BCUT2D eigenvalue weighted by atomic mass is 16.4. The number of hydrogen-bond acceptors (Lipinski definition) is 2. The van der Waals surface area contributed by atoms with E-state index in [0.717, 1.165) is 22.1 Å². The first-order valence-corrected chi connectivity index (χ1v) is 5.30. The van der Waals surface area contributed by atoms with Gasteiger partial charge in [-0.05, 0) is 11.5 Å². The maximum Gasteiger partial charge on any atom is 0.307 e. The standard InChI is InChI=1S/C13H14O3/c1-8(2)10-4-3-5-11-9(6-12(14)15)7-16-13(10)11/h3-5,7-8H,6H2,1-2H3,(H,14,15). The highest BCUT2D eigenvalue weighted by Gasteiger charge is 2.13. The van der Waals surface area contributed by atoms with E-state index in [-0.39, 0.29) is 6.42 Å². The second kappa shape index (κ2) is 4.00. The Balaban J connectivity index is 2.57. The third-order valence-corrected chi connectivity index (χ3v) is 2.67. The van der Waals surface area contributed by atoms with Crippen molar-refractivity contribution in [2.24, 2.45) is 0 Å². The van der Waals surface area contributed by atoms with E-state index in [1.165, 1.54) is 0 Å². The number of benzene rings is 1. The van der Waals surface area contributed by atoms with Crippen molar-refractivity contribution in [2.45, 2.75) is 26.2 Å². The van der Waals surface area contributed by atoms with Crippen molar-refractivity contribution in [1.29, 1.82) is 0 Å². The Morgan fingerprint density at radius 2 is 2.19 bits per heavy atom. The molecule has 1 aromatic carbocycles. The molecule has 0 atom stereocenters. The summed E-state index contributed by atoms with van der Waals surface area (Å²) >= 11 is 0. The van der Waals surface area contributed by atoms with Crippen LogP contribution in [-0.4, -0.2) is 11.1 Å². The molecule has 84 valence electrons. The number of rotatable bonds is 3. The zero-order valence-corrected chi connectivity index (χ0v) is 9.36. The number of fused-ring (bicyclic) bond motifs is 1. The van der Waals surface area contributed by atoms with Crippen molar-refractivity contribution in [2.75, 3.05) is 0 Å². The van der Waals surface area contributed by atoms with E-state index in [1.807, 2.05) is 18.2 Å². The van der Waals surface area contributed by atoms with E-state index >= 15 is 0 Å². The minimum atomic E-state index is -0.836. The zero-order chi connectivity index (χ0) is 11.7. The molecule has 0 fully saturated rings. The first-order chi connectivity index (χ1) is 7.59. The van der Waals surface area contributed by atoms with Crippen LogP contribution in [0.5, 0.6) is 0 Å². The highest BCUT2D eigenvalue weighted by Crippen LogP contribution is 2.29. The fourth-order valence-corrected chi connectivity index (χ4v) is 1.89. The zero-order valence-electron chi connectivity index (χ0n) is 9.36. The summed E-state index contributed by atoms with van der Waals surface area (Å²) < 4.78 is 5.48. The fourth-order valence-electron chi connectivity index (χ4n) is 1.89. The molecule has 0 aliphatic rings. The molecule has 1 heterocycles. The molecule has 0 amide bonds. The topological polar surface area (TPSA) is 50.4 Å². The van der Waals surface area contributed by atoms with E-state index in [4.69, 9.17) is 9.52 Å². The third-order valence-electron chi connectivity index (χ3n) is 2.67. The summed E-state index contributed by atoms with van der Waals surface area (Å²) in [6.45, 7) is 4.18. The van der Waals surface area contributed by atoms with Crippen molar-refractivity contribution in [1.82, 2.24) is 0 Å². The molecule has 3 nitrogen and oxygen atoms in total. The Bertz CT molecular complexity index is 523. The summed E-state index contributed by atoms with van der Waals surface area (Å²) in [5.41, 5.74) is 2.67. The number of aliphatic carboxylic acids is 1. The molecule has 2 aromatic rings. The molecule has 0 aliphatic carbocycles. The quantitative estimate of drug-likeness (QED) is 0.860. The molecule has 0 spiro atoms. The van der Waals surface area contributed by atoms with E-state index < -0.39 is 5.97 Å². The molecule has 0 saturated heterocycles. The van der Waals surface area contributed by atoms with Gasteiger partial charge in [0.2, 0.25) is 0 Å². The van der Waals surface area contributed by atoms with E-state index in [2.05, 4.69) is 13.8 Å². The lowest BCUT2D eigenvalue weighted by Crippen LogP contribution is -1.98. The molecule has 2 rings (SSSR count). The van der Waals surface area contributed by atoms with Crippen LogP contribution in [0.15, 0.2) is 28.9 Å². The fraction of sp³-hybridized carbons (Fsp3) is 0.308. The minimum absolute atomic E-state index is 0.00848. The van der Waals surface area contributed by atoms with Gasteiger partial charge in [-0.25, -0.2) is 0 Å². The lowest BCUT2D eigenvalue weighted by atomic mass is 9.99. The van der Waals surface area contributed by atoms with Crippen molar-refractivity contribution >= 4 is 16.9 Å². The third kappa shape index (κ3) is 1.81. The molecule has 1 N–H and O–H groups in total. The smallest absolute Gasteiger partial charge is 0.307 e. The van der Waals surface area contributed by atoms with Crippen LogP contribution >= 0.6 is 0 Å². The van der Waals surface area contributed by atoms with E-state index in [1.54, 1.807) is 6.26 Å². The lowest BCUT2D eigenvalue weighted by molar-refractivity contribution is -0.136. The van der Waals surface area contributed by atoms with E-state index in [9.17, 15) is 4.79 Å². The summed E-state index contributed by atoms with van der Waals surface area (Å²) in [5, 5.41) is 9.69. The Kier molecular flexibility index (Phi) is 2.69. The summed E-state index contributed by atoms with van der Waals surface area (Å²) in [4.78, 5) is 10.7. The van der Waals surface area contributed by atoms with Gasteiger partial charge >= 0.3 is 5.97 Å². The van der Waals surface area contributed by atoms with Crippen LogP contribution in [0.1, 0.15) is 30.9 Å². The van der Waals surface area contributed by atoms with Gasteiger partial charge in [0.25, 0.3) is 0 Å². The van der Waals surface area contributed by atoms with Gasteiger partial charge in [-0.2, -0.15) is 0 Å². The number of carboxylic acids is 1.